The van der Waals surface area contributed by atoms with E-state index in [0.717, 1.165) is 0 Å². The SMILES string of the molecule is COc1cc(O)c([C@@H]2O[C@H](CO)[C@@H](O)[C@H](O)[C@H]2O[C@@H]2OC[C@](O)(CO)[C@H]2O)c(O)c1. The number of phenols is 2. The molecule has 2 saturated heterocycles. The van der Waals surface area contributed by atoms with Gasteiger partial charge in [-0.15, -0.1) is 0 Å². The van der Waals surface area contributed by atoms with Crippen molar-refractivity contribution in [2.75, 3.05) is 26.9 Å². The van der Waals surface area contributed by atoms with Crippen LogP contribution in [0.1, 0.15) is 11.7 Å². The largest absolute Gasteiger partial charge is 0.507 e. The number of aromatic hydroxyl groups is 2. The number of methoxy groups -OCH3 is 1. The lowest BCUT2D eigenvalue weighted by Gasteiger charge is -2.43. The first-order valence-electron chi connectivity index (χ1n) is 9.17. The first kappa shape index (κ1) is 22.9. The molecule has 0 bridgehead atoms. The van der Waals surface area contributed by atoms with E-state index >= 15 is 0 Å². The predicted octanol–water partition coefficient (Wildman–Crippen LogP) is -2.91. The molecule has 2 fully saturated rings. The van der Waals surface area contributed by atoms with Gasteiger partial charge in [0.05, 0.1) is 32.5 Å². The average Bonchev–Trinajstić information content (AvgIpc) is 3.01. The minimum absolute atomic E-state index is 0.129. The summed E-state index contributed by atoms with van der Waals surface area (Å²) in [5.74, 6) is -0.833. The first-order valence-corrected chi connectivity index (χ1v) is 9.17. The van der Waals surface area contributed by atoms with Gasteiger partial charge in [0.2, 0.25) is 0 Å². The molecule has 3 rings (SSSR count). The Hall–Kier alpha value is -1.74. The van der Waals surface area contributed by atoms with Gasteiger partial charge in [-0.1, -0.05) is 0 Å². The highest BCUT2D eigenvalue weighted by atomic mass is 16.7. The molecular weight excluding hydrogens is 408 g/mol. The van der Waals surface area contributed by atoms with Gasteiger partial charge in [0.1, 0.15) is 59.5 Å². The molecule has 1 aromatic carbocycles. The van der Waals surface area contributed by atoms with Crippen molar-refractivity contribution in [3.05, 3.63) is 17.7 Å². The van der Waals surface area contributed by atoms with Crippen LogP contribution in [0.4, 0.5) is 0 Å². The highest BCUT2D eigenvalue weighted by Crippen LogP contribution is 2.45. The molecule has 2 aliphatic rings. The van der Waals surface area contributed by atoms with Crippen LogP contribution in [0.25, 0.3) is 0 Å². The number of rotatable bonds is 6. The molecular formula is C18H26O12. The van der Waals surface area contributed by atoms with Gasteiger partial charge < -0.3 is 59.8 Å². The quantitative estimate of drug-likeness (QED) is 0.227. The molecule has 0 amide bonds. The number of aliphatic hydroxyl groups is 6. The van der Waals surface area contributed by atoms with Crippen LogP contribution in [0.2, 0.25) is 0 Å². The van der Waals surface area contributed by atoms with E-state index < -0.39 is 79.8 Å². The summed E-state index contributed by atoms with van der Waals surface area (Å²) in [7, 11) is 1.32. The van der Waals surface area contributed by atoms with E-state index in [0.29, 0.717) is 0 Å². The summed E-state index contributed by atoms with van der Waals surface area (Å²) in [5.41, 5.74) is -2.23. The van der Waals surface area contributed by atoms with Crippen molar-refractivity contribution in [3.8, 4) is 17.2 Å². The van der Waals surface area contributed by atoms with E-state index in [1.54, 1.807) is 0 Å². The van der Waals surface area contributed by atoms with Crippen molar-refractivity contribution >= 4 is 0 Å². The number of aliphatic hydroxyl groups excluding tert-OH is 5. The van der Waals surface area contributed by atoms with Crippen molar-refractivity contribution < 1.29 is 59.8 Å². The molecule has 12 nitrogen and oxygen atoms in total. The normalized spacial score (nSPS) is 39.2. The maximum atomic E-state index is 10.6. The van der Waals surface area contributed by atoms with Crippen LogP contribution < -0.4 is 4.74 Å². The van der Waals surface area contributed by atoms with E-state index in [1.165, 1.54) is 19.2 Å². The topological polar surface area (TPSA) is 199 Å². The van der Waals surface area contributed by atoms with E-state index in [-0.39, 0.29) is 11.3 Å². The Balaban J connectivity index is 1.96. The zero-order chi connectivity index (χ0) is 22.2. The molecule has 170 valence electrons. The fraction of sp³-hybridized carbons (Fsp3) is 0.667. The Kier molecular flexibility index (Phi) is 6.72. The van der Waals surface area contributed by atoms with E-state index in [2.05, 4.69) is 0 Å². The molecule has 0 unspecified atom stereocenters. The van der Waals surface area contributed by atoms with E-state index in [9.17, 15) is 40.9 Å². The van der Waals surface area contributed by atoms with E-state index in [4.69, 9.17) is 18.9 Å². The summed E-state index contributed by atoms with van der Waals surface area (Å²) in [6.45, 7) is -1.98. The number of hydrogen-bond donors (Lipinski definition) is 8. The summed E-state index contributed by atoms with van der Waals surface area (Å²) >= 11 is 0. The van der Waals surface area contributed by atoms with Gasteiger partial charge in [-0.2, -0.15) is 0 Å². The average molecular weight is 434 g/mol. The van der Waals surface area contributed by atoms with E-state index in [1.807, 2.05) is 0 Å². The molecule has 1 aromatic rings. The summed E-state index contributed by atoms with van der Waals surface area (Å²) in [4.78, 5) is 0. The summed E-state index contributed by atoms with van der Waals surface area (Å²) in [6.07, 6.45) is -10.8. The predicted molar refractivity (Wildman–Crippen MR) is 95.7 cm³/mol. The van der Waals surface area contributed by atoms with Crippen LogP contribution in [0.3, 0.4) is 0 Å². The van der Waals surface area contributed by atoms with Crippen LogP contribution in [-0.4, -0.2) is 110 Å². The maximum Gasteiger partial charge on any atom is 0.187 e. The Morgan fingerprint density at radius 2 is 1.73 bits per heavy atom. The molecule has 30 heavy (non-hydrogen) atoms. The second-order valence-electron chi connectivity index (χ2n) is 7.32. The first-order chi connectivity index (χ1) is 14.2. The van der Waals surface area contributed by atoms with Crippen molar-refractivity contribution in [2.24, 2.45) is 0 Å². The Bertz CT molecular complexity index is 721. The summed E-state index contributed by atoms with van der Waals surface area (Å²) in [6, 6.07) is 2.35. The van der Waals surface area contributed by atoms with Crippen LogP contribution in [0.5, 0.6) is 17.2 Å². The lowest BCUT2D eigenvalue weighted by Crippen LogP contribution is -2.58. The third-order valence-corrected chi connectivity index (χ3v) is 5.37. The van der Waals surface area contributed by atoms with Gasteiger partial charge in [-0.3, -0.25) is 0 Å². The number of phenolic OH excluding ortho intramolecular Hbond substituents is 2. The van der Waals surface area contributed by atoms with Gasteiger partial charge >= 0.3 is 0 Å². The fourth-order valence-electron chi connectivity index (χ4n) is 3.55. The lowest BCUT2D eigenvalue weighted by atomic mass is 9.90. The number of ether oxygens (including phenoxy) is 4. The van der Waals surface area contributed by atoms with Crippen LogP contribution >= 0.6 is 0 Å². The van der Waals surface area contributed by atoms with Gasteiger partial charge in [0, 0.05) is 12.1 Å². The number of benzene rings is 1. The molecule has 2 heterocycles. The van der Waals surface area contributed by atoms with Crippen molar-refractivity contribution in [1.29, 1.82) is 0 Å². The highest BCUT2D eigenvalue weighted by Gasteiger charge is 2.53. The van der Waals surface area contributed by atoms with Gasteiger partial charge in [0.15, 0.2) is 6.29 Å². The zero-order valence-corrected chi connectivity index (χ0v) is 16.0. The standard InChI is InChI=1S/C18H26O12/c1-27-7-2-8(21)11(9(22)3-7)14-15(13(24)12(23)10(4-19)29-14)30-17-16(25)18(26,5-20)6-28-17/h2-3,10,12-17,19-26H,4-6H2,1H3/t10-,12-,13+,14+,15-,16+,17+,18-/m1/s1. The second-order valence-corrected chi connectivity index (χ2v) is 7.32. The second kappa shape index (κ2) is 8.78. The summed E-state index contributed by atoms with van der Waals surface area (Å²) < 4.78 is 21.3. The third kappa shape index (κ3) is 3.93. The molecule has 8 N–H and O–H groups in total. The molecule has 0 aliphatic carbocycles. The van der Waals surface area contributed by atoms with Crippen LogP contribution in [0.15, 0.2) is 12.1 Å². The van der Waals surface area contributed by atoms with Gasteiger partial charge in [0.25, 0.3) is 0 Å². The Morgan fingerprint density at radius 3 is 2.23 bits per heavy atom. The molecule has 0 spiro atoms. The zero-order valence-electron chi connectivity index (χ0n) is 16.0. The van der Waals surface area contributed by atoms with Crippen molar-refractivity contribution in [2.45, 2.75) is 48.5 Å². The van der Waals surface area contributed by atoms with Gasteiger partial charge in [-0.05, 0) is 0 Å². The van der Waals surface area contributed by atoms with Crippen molar-refractivity contribution in [1.82, 2.24) is 0 Å². The minimum Gasteiger partial charge on any atom is -0.507 e. The van der Waals surface area contributed by atoms with Gasteiger partial charge in [-0.25, -0.2) is 0 Å². The molecule has 2 aliphatic heterocycles. The molecule has 8 atom stereocenters. The van der Waals surface area contributed by atoms with Crippen LogP contribution in [0, 0.1) is 0 Å². The Morgan fingerprint density at radius 1 is 1.10 bits per heavy atom. The summed E-state index contributed by atoms with van der Waals surface area (Å²) in [5, 5.41) is 80.7. The van der Waals surface area contributed by atoms with Crippen molar-refractivity contribution in [3.63, 3.8) is 0 Å². The number of hydrogen-bond acceptors (Lipinski definition) is 12. The Labute approximate surface area is 171 Å². The monoisotopic (exact) mass is 434 g/mol. The molecule has 12 heteroatoms. The maximum absolute atomic E-state index is 10.6. The molecule has 0 radical (unpaired) electrons. The lowest BCUT2D eigenvalue weighted by molar-refractivity contribution is -0.287. The molecule has 0 saturated carbocycles. The fourth-order valence-corrected chi connectivity index (χ4v) is 3.55. The minimum atomic E-state index is -2.00. The smallest absolute Gasteiger partial charge is 0.187 e. The third-order valence-electron chi connectivity index (χ3n) is 5.37. The highest BCUT2D eigenvalue weighted by molar-refractivity contribution is 5.51. The van der Waals surface area contributed by atoms with Crippen LogP contribution in [-0.2, 0) is 14.2 Å². The molecule has 0 aromatic heterocycles.